The van der Waals surface area contributed by atoms with Crippen molar-refractivity contribution in [1.82, 2.24) is 10.2 Å². The maximum Gasteiger partial charge on any atom is 0.0340 e. The maximum absolute atomic E-state index is 3.68. The summed E-state index contributed by atoms with van der Waals surface area (Å²) >= 11 is 3.68. The molecule has 0 aliphatic heterocycles. The molecule has 1 aliphatic carbocycles. The molecule has 0 aromatic heterocycles. The molecule has 0 amide bonds. The SMILES string of the molecule is CNC(CCN(C)C1CCCC(C)C1)c1ccccc1Br. The van der Waals surface area contributed by atoms with Crippen molar-refractivity contribution in [3.05, 3.63) is 34.3 Å². The van der Waals surface area contributed by atoms with Crippen LogP contribution in [0.1, 0.15) is 50.6 Å². The molecule has 1 aromatic carbocycles. The van der Waals surface area contributed by atoms with Crippen LogP contribution in [0.25, 0.3) is 0 Å². The molecule has 0 heterocycles. The molecule has 1 aliphatic rings. The third-order valence-corrected chi connectivity index (χ3v) is 5.65. The van der Waals surface area contributed by atoms with Gasteiger partial charge in [-0.3, -0.25) is 0 Å². The Hall–Kier alpha value is -0.380. The zero-order valence-corrected chi connectivity index (χ0v) is 15.2. The Morgan fingerprint density at radius 3 is 2.76 bits per heavy atom. The molecule has 21 heavy (non-hydrogen) atoms. The molecule has 3 atom stereocenters. The van der Waals surface area contributed by atoms with Crippen molar-refractivity contribution in [2.75, 3.05) is 20.6 Å². The lowest BCUT2D eigenvalue weighted by Crippen LogP contribution is -2.37. The van der Waals surface area contributed by atoms with E-state index in [4.69, 9.17) is 0 Å². The summed E-state index contributed by atoms with van der Waals surface area (Å²) in [5, 5.41) is 3.47. The first-order valence-electron chi connectivity index (χ1n) is 8.23. The number of benzene rings is 1. The quantitative estimate of drug-likeness (QED) is 0.803. The average Bonchev–Trinajstić information content (AvgIpc) is 2.49. The third-order valence-electron chi connectivity index (χ3n) is 4.93. The van der Waals surface area contributed by atoms with Gasteiger partial charge in [-0.2, -0.15) is 0 Å². The molecule has 0 bridgehead atoms. The molecule has 1 aromatic rings. The minimum atomic E-state index is 0.420. The van der Waals surface area contributed by atoms with Gasteiger partial charge in [0, 0.05) is 16.6 Å². The van der Waals surface area contributed by atoms with Gasteiger partial charge in [-0.05, 0) is 57.5 Å². The zero-order valence-electron chi connectivity index (χ0n) is 13.6. The molecular weight excluding hydrogens is 324 g/mol. The third kappa shape index (κ3) is 4.80. The Morgan fingerprint density at radius 1 is 1.33 bits per heavy atom. The van der Waals surface area contributed by atoms with Gasteiger partial charge in [0.15, 0.2) is 0 Å². The van der Waals surface area contributed by atoms with Crippen molar-refractivity contribution in [2.24, 2.45) is 5.92 Å². The molecule has 1 saturated carbocycles. The molecule has 3 unspecified atom stereocenters. The second-order valence-electron chi connectivity index (χ2n) is 6.56. The number of halogens is 1. The fourth-order valence-electron chi connectivity index (χ4n) is 3.53. The second-order valence-corrected chi connectivity index (χ2v) is 7.41. The van der Waals surface area contributed by atoms with Gasteiger partial charge in [-0.1, -0.05) is 53.9 Å². The summed E-state index contributed by atoms with van der Waals surface area (Å²) in [6.07, 6.45) is 6.71. The Kier molecular flexibility index (Phi) is 6.72. The summed E-state index contributed by atoms with van der Waals surface area (Å²) in [6.45, 7) is 3.56. The molecule has 3 heteroatoms. The zero-order chi connectivity index (χ0) is 15.2. The van der Waals surface area contributed by atoms with Crippen LogP contribution in [0.2, 0.25) is 0 Å². The van der Waals surface area contributed by atoms with Gasteiger partial charge in [-0.25, -0.2) is 0 Å². The minimum absolute atomic E-state index is 0.420. The highest BCUT2D eigenvalue weighted by Crippen LogP contribution is 2.29. The summed E-state index contributed by atoms with van der Waals surface area (Å²) in [5.41, 5.74) is 1.37. The first-order valence-corrected chi connectivity index (χ1v) is 9.03. The monoisotopic (exact) mass is 352 g/mol. The van der Waals surface area contributed by atoms with Crippen LogP contribution in [0.15, 0.2) is 28.7 Å². The number of hydrogen-bond acceptors (Lipinski definition) is 2. The van der Waals surface area contributed by atoms with Crippen LogP contribution < -0.4 is 5.32 Å². The van der Waals surface area contributed by atoms with Crippen LogP contribution in [0.5, 0.6) is 0 Å². The molecule has 0 radical (unpaired) electrons. The molecule has 2 rings (SSSR count). The number of rotatable bonds is 6. The number of nitrogens with one attached hydrogen (secondary N) is 1. The lowest BCUT2D eigenvalue weighted by molar-refractivity contribution is 0.158. The number of hydrogen-bond donors (Lipinski definition) is 1. The lowest BCUT2D eigenvalue weighted by Gasteiger charge is -2.35. The molecule has 118 valence electrons. The van der Waals surface area contributed by atoms with Crippen LogP contribution in [-0.2, 0) is 0 Å². The maximum atomic E-state index is 3.68. The first-order chi connectivity index (χ1) is 10.1. The second kappa shape index (κ2) is 8.30. The van der Waals surface area contributed by atoms with Crippen molar-refractivity contribution in [1.29, 1.82) is 0 Å². The van der Waals surface area contributed by atoms with Crippen LogP contribution in [0.3, 0.4) is 0 Å². The van der Waals surface area contributed by atoms with Crippen molar-refractivity contribution in [3.63, 3.8) is 0 Å². The van der Waals surface area contributed by atoms with Crippen LogP contribution in [-0.4, -0.2) is 31.6 Å². The highest BCUT2D eigenvalue weighted by atomic mass is 79.9. The highest BCUT2D eigenvalue weighted by molar-refractivity contribution is 9.10. The van der Waals surface area contributed by atoms with E-state index in [0.29, 0.717) is 6.04 Å². The standard InChI is InChI=1S/C18H29BrN2/c1-14-7-6-8-15(13-14)21(3)12-11-18(20-2)16-9-4-5-10-17(16)19/h4-5,9-10,14-15,18,20H,6-8,11-13H2,1-3H3. The smallest absolute Gasteiger partial charge is 0.0340 e. The summed E-state index contributed by atoms with van der Waals surface area (Å²) < 4.78 is 1.21. The van der Waals surface area contributed by atoms with E-state index < -0.39 is 0 Å². The van der Waals surface area contributed by atoms with E-state index in [2.05, 4.69) is 71.4 Å². The topological polar surface area (TPSA) is 15.3 Å². The fraction of sp³-hybridized carbons (Fsp3) is 0.667. The summed E-state index contributed by atoms with van der Waals surface area (Å²) in [6, 6.07) is 9.75. The van der Waals surface area contributed by atoms with Gasteiger partial charge in [0.2, 0.25) is 0 Å². The van der Waals surface area contributed by atoms with Gasteiger partial charge < -0.3 is 10.2 Å². The first kappa shape index (κ1) is 17.0. The predicted molar refractivity (Wildman–Crippen MR) is 94.6 cm³/mol. The van der Waals surface area contributed by atoms with Gasteiger partial charge in [0.25, 0.3) is 0 Å². The van der Waals surface area contributed by atoms with E-state index in [1.165, 1.54) is 35.7 Å². The van der Waals surface area contributed by atoms with Crippen LogP contribution >= 0.6 is 15.9 Å². The molecule has 0 saturated heterocycles. The molecule has 1 N–H and O–H groups in total. The van der Waals surface area contributed by atoms with E-state index in [0.717, 1.165) is 24.9 Å². The minimum Gasteiger partial charge on any atom is -0.313 e. The van der Waals surface area contributed by atoms with Crippen molar-refractivity contribution < 1.29 is 0 Å². The van der Waals surface area contributed by atoms with E-state index >= 15 is 0 Å². The van der Waals surface area contributed by atoms with Gasteiger partial charge in [0.05, 0.1) is 0 Å². The van der Waals surface area contributed by atoms with E-state index in [-0.39, 0.29) is 0 Å². The Labute approximate surface area is 138 Å². The Morgan fingerprint density at radius 2 is 2.10 bits per heavy atom. The summed E-state index contributed by atoms with van der Waals surface area (Å²) in [5.74, 6) is 0.898. The largest absolute Gasteiger partial charge is 0.313 e. The van der Waals surface area contributed by atoms with Crippen molar-refractivity contribution in [3.8, 4) is 0 Å². The Balaban J connectivity index is 1.89. The normalized spacial score (nSPS) is 24.2. The fourth-order valence-corrected chi connectivity index (χ4v) is 4.09. The Bertz CT molecular complexity index is 435. The van der Waals surface area contributed by atoms with Gasteiger partial charge in [-0.15, -0.1) is 0 Å². The van der Waals surface area contributed by atoms with E-state index in [9.17, 15) is 0 Å². The molecule has 0 spiro atoms. The van der Waals surface area contributed by atoms with E-state index in [1.807, 2.05) is 0 Å². The highest BCUT2D eigenvalue weighted by Gasteiger charge is 2.23. The predicted octanol–water partition coefficient (Wildman–Crippen LogP) is 4.61. The van der Waals surface area contributed by atoms with Crippen molar-refractivity contribution in [2.45, 2.75) is 51.1 Å². The van der Waals surface area contributed by atoms with Crippen LogP contribution in [0.4, 0.5) is 0 Å². The average molecular weight is 353 g/mol. The molecule has 1 fully saturated rings. The van der Waals surface area contributed by atoms with Gasteiger partial charge >= 0.3 is 0 Å². The number of nitrogens with zero attached hydrogens (tertiary/aromatic N) is 1. The van der Waals surface area contributed by atoms with Gasteiger partial charge in [0.1, 0.15) is 0 Å². The van der Waals surface area contributed by atoms with E-state index in [1.54, 1.807) is 0 Å². The molecular formula is C18H29BrN2. The molecule has 2 nitrogen and oxygen atoms in total. The lowest BCUT2D eigenvalue weighted by atomic mass is 9.86. The summed E-state index contributed by atoms with van der Waals surface area (Å²) in [4.78, 5) is 2.58. The summed E-state index contributed by atoms with van der Waals surface area (Å²) in [7, 11) is 4.36. The van der Waals surface area contributed by atoms with Crippen LogP contribution in [0, 0.1) is 5.92 Å². The van der Waals surface area contributed by atoms with Crippen molar-refractivity contribution >= 4 is 15.9 Å².